The maximum atomic E-state index is 10.7. The molecule has 6 aliphatic carbocycles. The Morgan fingerprint density at radius 1 is 0.286 bits per heavy atom. The Hall–Kier alpha value is 3.68. The summed E-state index contributed by atoms with van der Waals surface area (Å²) in [4.78, 5) is 12.9. The summed E-state index contributed by atoms with van der Waals surface area (Å²) in [6, 6.07) is 10.9. The van der Waals surface area contributed by atoms with E-state index in [1.165, 1.54) is 154 Å². The van der Waals surface area contributed by atoms with Gasteiger partial charge in [0.25, 0.3) is 0 Å². The van der Waals surface area contributed by atoms with Crippen molar-refractivity contribution in [1.82, 2.24) is 133 Å². The number of carboxylic acids is 1. The van der Waals surface area contributed by atoms with Gasteiger partial charge in [-0.25, -0.2) is 0 Å². The van der Waals surface area contributed by atoms with Gasteiger partial charge in [0.2, 0.25) is 0 Å². The van der Waals surface area contributed by atoms with Gasteiger partial charge in [0, 0.05) is 324 Å². The van der Waals surface area contributed by atoms with Crippen LogP contribution in [0.3, 0.4) is 0 Å². The normalized spacial score (nSPS) is 32.8. The number of hydrogen-bond donors (Lipinski definition) is 25. The summed E-state index contributed by atoms with van der Waals surface area (Å²) in [6.07, 6.45) is 32.6. The molecule has 0 spiro atoms. The van der Waals surface area contributed by atoms with E-state index in [4.69, 9.17) is 85.9 Å². The summed E-state index contributed by atoms with van der Waals surface area (Å²) < 4.78 is 0. The van der Waals surface area contributed by atoms with Crippen LogP contribution in [-0.4, -0.2) is 340 Å². The summed E-state index contributed by atoms with van der Waals surface area (Å²) in [5, 5.41) is 97.0. The first kappa shape index (κ1) is 126. The average molecular weight is 2180 g/mol. The number of halogens is 9. The Labute approximate surface area is 838 Å². The molecule has 12 unspecified atom stereocenters. The molecule has 11 aliphatic rings. The van der Waals surface area contributed by atoms with Gasteiger partial charge in [0.15, 0.2) is 0 Å². The topological polar surface area (TPSA) is 329 Å². The minimum atomic E-state index is -0.727. The molecule has 0 radical (unpaired) electrons. The number of nitrogens with zero attached hydrogens (tertiary/aromatic N) is 1. The summed E-state index contributed by atoms with van der Waals surface area (Å²) in [5.74, 6) is -0.727. The SMILES string of the molecule is C1CCC2NCCNC3CCCCC3NCCNCCNC2C1.CC1(C)CNC2CCCCC2NCCNC2CCCCC2NCCN1.C[C@@H]1CN[C@H](C)CN[C@@H](C)CNC2CCCCC2NCCN1.C[C@H]1CNC2CCCCC2NCCN[C@@H](C)CN[C@@H](C)CN1.O=C(O)CCN1CCNCCNCCNCCNCC1.[Cl][Mn+].[Cl][Mn][Cl].[Cl][Mn][Cl].[Cl][Mn][Cl].[Cl][Mn][Cl]. The Kier molecular flexibility index (Phi) is 87.5. The van der Waals surface area contributed by atoms with Gasteiger partial charge in [0.1, 0.15) is 0 Å². The van der Waals surface area contributed by atoms with Crippen molar-refractivity contribution in [3.05, 3.63) is 0 Å². The summed E-state index contributed by atoms with van der Waals surface area (Å²) in [6.45, 7) is 50.7. The number of aliphatic carboxylic acids is 1. The Morgan fingerprint density at radius 3 is 0.714 bits per heavy atom. The van der Waals surface area contributed by atoms with Gasteiger partial charge >= 0.3 is 164 Å². The van der Waals surface area contributed by atoms with Gasteiger partial charge in [-0.05, 0) is 132 Å². The molecule has 11 rings (SSSR count). The number of fused-ring (bicyclic) bond motifs is 6. The van der Waals surface area contributed by atoms with Gasteiger partial charge in [0.05, 0.1) is 6.42 Å². The van der Waals surface area contributed by atoms with E-state index in [1.54, 1.807) is 0 Å². The quantitative estimate of drug-likeness (QED) is 0.125. The molecule has 0 amide bonds. The average Bonchev–Trinajstić information content (AvgIpc) is 1.40. The molecule has 5 heterocycles. The monoisotopic (exact) mass is 2170 g/mol. The number of carboxylic acid groups (broad SMARTS) is 1. The van der Waals surface area contributed by atoms with E-state index < -0.39 is 5.97 Å². The maximum absolute atomic E-state index is 10.7. The Balaban J connectivity index is 0.000000514. The van der Waals surface area contributed by atoms with Gasteiger partial charge in [-0.2, -0.15) is 0 Å². The molecule has 18 atom stereocenters. The molecule has 41 heteroatoms. The summed E-state index contributed by atoms with van der Waals surface area (Å²) >= 11 is 2.44. The molecule has 5 aliphatic heterocycles. The van der Waals surface area contributed by atoms with Crippen molar-refractivity contribution in [2.24, 2.45) is 0 Å². The molecule has 755 valence electrons. The van der Waals surface area contributed by atoms with E-state index in [1.807, 2.05) is 0 Å². The third-order valence-electron chi connectivity index (χ3n) is 25.6. The van der Waals surface area contributed by atoms with Crippen LogP contribution in [0.5, 0.6) is 0 Å². The standard InChI is InChI=1S/C20H41N5.C18H37N5.2C17H37N5.C13H29N5O2.9ClH.5Mn/c1-20(2)15-24-19-10-6-5-9-18(19)22-12-11-21-16-7-3-4-8-17(16)23-13-14-25-20;1-3-7-17-15(5-1)20-11-9-19-10-12-21-16-6-2-4-8-18(16)23-14-13-22-17;2*1-13-10-20-14(2)11-21-15(3)12-22-17-7-5-4-6-16(17)19-9-8-18-13;19-13(20)1-10-18-11-8-16-6-4-14-2-3-15-5-7-17-9-12-18;;;;;;;;;;;;;;/h16-19,21-25H,3-15H2,1-2H3;15-23H,1-14H2;2*13-22H,4-12H2,1-3H3;14-17H,1-12H2,(H,19,20);9*1H;;;;;/q;;;;;;;;;;;;;;5*+2/p-9/t;;13-,14-,15+,16?,17?;13-,14-,15-,16?,17?;;;;;;;;;;;;;;;/m..10.............../s1. The molecule has 0 bridgehead atoms. The minimum absolute atomic E-state index is 0.00694. The van der Waals surface area contributed by atoms with Crippen LogP contribution in [0.25, 0.3) is 0 Å². The van der Waals surface area contributed by atoms with Crippen LogP contribution in [0.2, 0.25) is 0 Å². The van der Waals surface area contributed by atoms with Gasteiger partial charge < -0.3 is 138 Å². The predicted octanol–water partition coefficient (Wildman–Crippen LogP) is 7.10. The molecule has 0 aromatic carbocycles. The van der Waals surface area contributed by atoms with Crippen LogP contribution >= 0.6 is 90.9 Å². The number of nitrogens with one attached hydrogen (secondary N) is 24. The summed E-state index contributed by atoms with van der Waals surface area (Å²) in [7, 11) is 42.8. The zero-order valence-corrected chi connectivity index (χ0v) is 91.0. The molecule has 0 aromatic rings. The van der Waals surface area contributed by atoms with E-state index in [9.17, 15) is 4.79 Å². The fourth-order valence-corrected chi connectivity index (χ4v) is 18.5. The molecular weight excluding hydrogens is 2000 g/mol. The molecule has 5 saturated heterocycles. The second-order valence-corrected chi connectivity index (χ2v) is 44.3. The molecule has 126 heavy (non-hydrogen) atoms. The van der Waals surface area contributed by atoms with Crippen LogP contribution in [0.4, 0.5) is 0 Å². The second kappa shape index (κ2) is 87.7. The number of rotatable bonds is 3. The van der Waals surface area contributed by atoms with Gasteiger partial charge in [-0.3, -0.25) is 4.79 Å². The van der Waals surface area contributed by atoms with Crippen molar-refractivity contribution in [2.75, 3.05) is 209 Å². The third-order valence-corrected chi connectivity index (χ3v) is 25.6. The zero-order valence-electron chi connectivity index (χ0n) is 78.3. The second-order valence-electron chi connectivity index (χ2n) is 36.5. The van der Waals surface area contributed by atoms with Crippen LogP contribution < -0.4 is 128 Å². The predicted molar refractivity (Wildman–Crippen MR) is 525 cm³/mol. The van der Waals surface area contributed by atoms with Crippen molar-refractivity contribution in [3.63, 3.8) is 0 Å². The fraction of sp³-hybridized carbons (Fsp3) is 0.988. The number of hydrogen-bond acceptors (Lipinski definition) is 26. The van der Waals surface area contributed by atoms with Crippen molar-refractivity contribution in [1.29, 1.82) is 0 Å². The molecule has 25 N–H and O–H groups in total. The molecule has 11 fully saturated rings. The first-order chi connectivity index (χ1) is 61.3. The summed E-state index contributed by atoms with van der Waals surface area (Å²) in [5.41, 5.74) is 0.147. The van der Waals surface area contributed by atoms with E-state index in [2.05, 4.69) is 213 Å². The van der Waals surface area contributed by atoms with Crippen LogP contribution in [-0.2, 0) is 72.4 Å². The zero-order chi connectivity index (χ0) is 92.2. The van der Waals surface area contributed by atoms with Crippen molar-refractivity contribution >= 4 is 96.9 Å². The third kappa shape index (κ3) is 67.9. The molecule has 27 nitrogen and oxygen atoms in total. The first-order valence-corrected chi connectivity index (χ1v) is 63.0. The fourth-order valence-electron chi connectivity index (χ4n) is 18.5. The van der Waals surface area contributed by atoms with E-state index in [0.717, 1.165) is 203 Å². The molecule has 0 aromatic heterocycles. The van der Waals surface area contributed by atoms with Crippen molar-refractivity contribution < 1.29 is 77.5 Å². The van der Waals surface area contributed by atoms with E-state index in [-0.39, 0.29) is 64.5 Å². The van der Waals surface area contributed by atoms with Crippen molar-refractivity contribution in [2.45, 2.75) is 330 Å². The number of carbonyl (C=O) groups is 1. The van der Waals surface area contributed by atoms with Gasteiger partial charge in [-0.1, -0.05) is 77.0 Å². The van der Waals surface area contributed by atoms with E-state index in [0.29, 0.717) is 115 Å². The van der Waals surface area contributed by atoms with Crippen LogP contribution in [0.15, 0.2) is 0 Å². The van der Waals surface area contributed by atoms with Gasteiger partial charge in [-0.15, -0.1) is 0 Å². The van der Waals surface area contributed by atoms with Crippen LogP contribution in [0.1, 0.15) is 216 Å². The van der Waals surface area contributed by atoms with Crippen LogP contribution in [0, 0.1) is 0 Å². The Bertz CT molecular complexity index is 2290. The molecule has 6 saturated carbocycles. The Morgan fingerprint density at radius 2 is 0.468 bits per heavy atom. The first-order valence-electron chi connectivity index (χ1n) is 48.4. The van der Waals surface area contributed by atoms with E-state index >= 15 is 0 Å². The molecular formula is C85H181Cl9Mn5N25O2+. The van der Waals surface area contributed by atoms with Crippen molar-refractivity contribution in [3.8, 4) is 0 Å².